The molecular formula is C22H18NO4-. The largest absolute Gasteiger partial charge is 0.545 e. The van der Waals surface area contributed by atoms with Gasteiger partial charge in [0.25, 0.3) is 5.91 Å². The molecular weight excluding hydrogens is 342 g/mol. The van der Waals surface area contributed by atoms with Crippen molar-refractivity contribution >= 4 is 17.6 Å². The van der Waals surface area contributed by atoms with Crippen LogP contribution >= 0.6 is 0 Å². The van der Waals surface area contributed by atoms with Crippen LogP contribution in [0.4, 0.5) is 5.69 Å². The number of hydrogen-bond acceptors (Lipinski definition) is 4. The van der Waals surface area contributed by atoms with Gasteiger partial charge in [0.1, 0.15) is 11.5 Å². The molecule has 0 spiro atoms. The lowest BCUT2D eigenvalue weighted by atomic mass is 10.1. The molecule has 1 amide bonds. The molecule has 0 fully saturated rings. The quantitative estimate of drug-likeness (QED) is 0.752. The number of carbonyl (C=O) groups excluding carboxylic acids is 2. The number of amides is 1. The number of aromatic carboxylic acids is 1. The van der Waals surface area contributed by atoms with Crippen LogP contribution in [0.3, 0.4) is 0 Å². The van der Waals surface area contributed by atoms with Gasteiger partial charge in [0, 0.05) is 16.8 Å². The first-order valence-electron chi connectivity index (χ1n) is 8.41. The molecule has 0 aliphatic rings. The van der Waals surface area contributed by atoms with Crippen molar-refractivity contribution in [2.24, 2.45) is 0 Å². The maximum atomic E-state index is 12.4. The number of carboxylic acids is 1. The average molecular weight is 360 g/mol. The van der Waals surface area contributed by atoms with Crippen LogP contribution in [0, 0.1) is 13.8 Å². The van der Waals surface area contributed by atoms with Gasteiger partial charge in [-0.2, -0.15) is 0 Å². The first kappa shape index (κ1) is 18.2. The van der Waals surface area contributed by atoms with Gasteiger partial charge in [-0.25, -0.2) is 0 Å². The van der Waals surface area contributed by atoms with Crippen molar-refractivity contribution in [2.45, 2.75) is 13.8 Å². The zero-order valence-corrected chi connectivity index (χ0v) is 15.0. The fraction of sp³-hybridized carbons (Fsp3) is 0.0909. The molecule has 0 aliphatic heterocycles. The van der Waals surface area contributed by atoms with Gasteiger partial charge in [-0.05, 0) is 61.4 Å². The van der Waals surface area contributed by atoms with Gasteiger partial charge >= 0.3 is 0 Å². The van der Waals surface area contributed by atoms with Crippen LogP contribution in [0.15, 0.2) is 66.7 Å². The lowest BCUT2D eigenvalue weighted by Gasteiger charge is -2.12. The monoisotopic (exact) mass is 360 g/mol. The first-order chi connectivity index (χ1) is 13.0. The highest BCUT2D eigenvalue weighted by molar-refractivity contribution is 6.10. The molecule has 0 heterocycles. The van der Waals surface area contributed by atoms with E-state index in [1.54, 1.807) is 36.4 Å². The van der Waals surface area contributed by atoms with E-state index in [1.165, 1.54) is 12.1 Å². The normalized spacial score (nSPS) is 10.3. The minimum Gasteiger partial charge on any atom is -0.545 e. The molecule has 5 heteroatoms. The zero-order chi connectivity index (χ0) is 19.4. The van der Waals surface area contributed by atoms with Crippen LogP contribution in [0.25, 0.3) is 0 Å². The number of aryl methyl sites for hydroxylation is 1. The van der Waals surface area contributed by atoms with Crippen LogP contribution in [0.5, 0.6) is 11.5 Å². The van der Waals surface area contributed by atoms with E-state index in [-0.39, 0.29) is 11.1 Å². The summed E-state index contributed by atoms with van der Waals surface area (Å²) in [6, 6.07) is 18.6. The predicted octanol–water partition coefficient (Wildman–Crippen LogP) is 3.71. The summed E-state index contributed by atoms with van der Waals surface area (Å²) in [5.74, 6) is -0.498. The number of rotatable bonds is 5. The highest BCUT2D eigenvalue weighted by Crippen LogP contribution is 2.27. The summed E-state index contributed by atoms with van der Waals surface area (Å²) >= 11 is 0. The molecule has 5 nitrogen and oxygen atoms in total. The summed E-state index contributed by atoms with van der Waals surface area (Å²) in [6.45, 7) is 4.01. The van der Waals surface area contributed by atoms with Gasteiger partial charge in [-0.3, -0.25) is 4.79 Å². The first-order valence-corrected chi connectivity index (χ1v) is 8.41. The Hall–Kier alpha value is -3.60. The van der Waals surface area contributed by atoms with Crippen molar-refractivity contribution in [3.8, 4) is 11.5 Å². The molecule has 0 saturated heterocycles. The third-order valence-electron chi connectivity index (χ3n) is 4.29. The van der Waals surface area contributed by atoms with Gasteiger partial charge in [-0.15, -0.1) is 0 Å². The molecule has 0 aromatic heterocycles. The third kappa shape index (κ3) is 4.15. The van der Waals surface area contributed by atoms with Gasteiger partial charge < -0.3 is 20.0 Å². The van der Waals surface area contributed by atoms with Crippen molar-refractivity contribution in [3.63, 3.8) is 0 Å². The van der Waals surface area contributed by atoms with Crippen LogP contribution in [-0.4, -0.2) is 11.9 Å². The molecule has 0 bridgehead atoms. The minimum absolute atomic E-state index is 0.0493. The SMILES string of the molecule is Cc1cccc(Oc2ccc(NC(=O)c3ccccc3C(=O)[O-])cc2)c1C. The van der Waals surface area contributed by atoms with E-state index in [2.05, 4.69) is 5.32 Å². The van der Waals surface area contributed by atoms with E-state index in [4.69, 9.17) is 4.74 Å². The summed E-state index contributed by atoms with van der Waals surface area (Å²) in [6.07, 6.45) is 0. The van der Waals surface area contributed by atoms with Gasteiger partial charge in [0.2, 0.25) is 0 Å². The van der Waals surface area contributed by atoms with E-state index < -0.39 is 11.9 Å². The molecule has 0 saturated carbocycles. The predicted molar refractivity (Wildman–Crippen MR) is 101 cm³/mol. The van der Waals surface area contributed by atoms with E-state index in [1.807, 2.05) is 32.0 Å². The van der Waals surface area contributed by atoms with Crippen molar-refractivity contribution in [2.75, 3.05) is 5.32 Å². The maximum Gasteiger partial charge on any atom is 0.256 e. The highest BCUT2D eigenvalue weighted by Gasteiger charge is 2.12. The van der Waals surface area contributed by atoms with Crippen molar-refractivity contribution in [1.82, 2.24) is 0 Å². The van der Waals surface area contributed by atoms with Crippen molar-refractivity contribution < 1.29 is 19.4 Å². The number of nitrogens with one attached hydrogen (secondary N) is 1. The summed E-state index contributed by atoms with van der Waals surface area (Å²) in [5, 5.41) is 13.8. The summed E-state index contributed by atoms with van der Waals surface area (Å²) < 4.78 is 5.89. The molecule has 3 rings (SSSR count). The Morgan fingerprint density at radius 3 is 2.19 bits per heavy atom. The number of hydrogen-bond donors (Lipinski definition) is 1. The van der Waals surface area contributed by atoms with Crippen LogP contribution in [0.2, 0.25) is 0 Å². The molecule has 0 unspecified atom stereocenters. The Morgan fingerprint density at radius 2 is 1.52 bits per heavy atom. The molecule has 0 atom stereocenters. The minimum atomic E-state index is -1.39. The Morgan fingerprint density at radius 1 is 0.852 bits per heavy atom. The van der Waals surface area contributed by atoms with Crippen LogP contribution < -0.4 is 15.2 Å². The fourth-order valence-electron chi connectivity index (χ4n) is 2.63. The van der Waals surface area contributed by atoms with Crippen LogP contribution in [-0.2, 0) is 0 Å². The highest BCUT2D eigenvalue weighted by atomic mass is 16.5. The third-order valence-corrected chi connectivity index (χ3v) is 4.29. The van der Waals surface area contributed by atoms with Crippen LogP contribution in [0.1, 0.15) is 31.8 Å². The van der Waals surface area contributed by atoms with Gasteiger partial charge in [0.15, 0.2) is 0 Å². The molecule has 3 aromatic rings. The smallest absolute Gasteiger partial charge is 0.256 e. The molecule has 0 radical (unpaired) electrons. The fourth-order valence-corrected chi connectivity index (χ4v) is 2.63. The second-order valence-corrected chi connectivity index (χ2v) is 6.11. The molecule has 1 N–H and O–H groups in total. The lowest BCUT2D eigenvalue weighted by Crippen LogP contribution is -2.26. The summed E-state index contributed by atoms with van der Waals surface area (Å²) in [5.41, 5.74) is 2.64. The number of anilines is 1. The number of carboxylic acid groups (broad SMARTS) is 1. The molecule has 136 valence electrons. The average Bonchev–Trinajstić information content (AvgIpc) is 2.67. The second kappa shape index (κ2) is 7.74. The second-order valence-electron chi connectivity index (χ2n) is 6.11. The molecule has 0 aliphatic carbocycles. The van der Waals surface area contributed by atoms with Gasteiger partial charge in [-0.1, -0.05) is 30.3 Å². The van der Waals surface area contributed by atoms with E-state index in [0.717, 1.165) is 16.9 Å². The topological polar surface area (TPSA) is 78.5 Å². The Labute approximate surface area is 157 Å². The van der Waals surface area contributed by atoms with E-state index >= 15 is 0 Å². The zero-order valence-electron chi connectivity index (χ0n) is 15.0. The van der Waals surface area contributed by atoms with E-state index in [9.17, 15) is 14.7 Å². The number of benzene rings is 3. The van der Waals surface area contributed by atoms with E-state index in [0.29, 0.717) is 11.4 Å². The number of carbonyl (C=O) groups is 2. The Bertz CT molecular complexity index is 993. The lowest BCUT2D eigenvalue weighted by molar-refractivity contribution is -0.255. The van der Waals surface area contributed by atoms with Crippen molar-refractivity contribution in [1.29, 1.82) is 0 Å². The summed E-state index contributed by atoms with van der Waals surface area (Å²) in [4.78, 5) is 23.5. The Balaban J connectivity index is 1.74. The number of ether oxygens (including phenoxy) is 1. The molecule has 27 heavy (non-hydrogen) atoms. The maximum absolute atomic E-state index is 12.4. The standard InChI is InChI=1S/C22H19NO4/c1-14-6-5-9-20(15(14)2)27-17-12-10-16(11-13-17)23-21(24)18-7-3-4-8-19(18)22(25)26/h3-13H,1-2H3,(H,23,24)(H,25,26)/p-1. The molecule has 3 aromatic carbocycles. The Kier molecular flexibility index (Phi) is 5.22. The van der Waals surface area contributed by atoms with Crippen molar-refractivity contribution in [3.05, 3.63) is 89.0 Å². The summed E-state index contributed by atoms with van der Waals surface area (Å²) in [7, 11) is 0. The van der Waals surface area contributed by atoms with Gasteiger partial charge in [0.05, 0.1) is 5.97 Å².